The van der Waals surface area contributed by atoms with Gasteiger partial charge in [0, 0.05) is 43.7 Å². The highest BCUT2D eigenvalue weighted by Gasteiger charge is 2.65. The number of carbonyl (C=O) groups excluding carboxylic acids is 2. The predicted molar refractivity (Wildman–Crippen MR) is 226 cm³/mol. The first kappa shape index (κ1) is 41.7. The van der Waals surface area contributed by atoms with Gasteiger partial charge in [-0.05, 0) is 102 Å². The van der Waals surface area contributed by atoms with Gasteiger partial charge in [-0.15, -0.1) is 6.58 Å². The summed E-state index contributed by atoms with van der Waals surface area (Å²) in [4.78, 5) is 33.9. The van der Waals surface area contributed by atoms with Crippen molar-refractivity contribution in [2.75, 3.05) is 41.1 Å². The van der Waals surface area contributed by atoms with Gasteiger partial charge in [0.15, 0.2) is 6.29 Å². The van der Waals surface area contributed by atoms with Crippen LogP contribution in [-0.4, -0.2) is 85.9 Å². The van der Waals surface area contributed by atoms with E-state index >= 15 is 0 Å². The van der Waals surface area contributed by atoms with Crippen LogP contribution < -0.4 is 14.2 Å². The quantitative estimate of drug-likeness (QED) is 0.0440. The molecule has 1 heterocycles. The highest BCUT2D eigenvalue weighted by molar-refractivity contribution is 6.04. The van der Waals surface area contributed by atoms with Crippen LogP contribution in [0.5, 0.6) is 23.0 Å². The molecule has 11 heteroatoms. The predicted octanol–water partition coefficient (Wildman–Crippen LogP) is 8.49. The van der Waals surface area contributed by atoms with Crippen molar-refractivity contribution in [1.29, 1.82) is 0 Å². The van der Waals surface area contributed by atoms with Crippen molar-refractivity contribution in [3.05, 3.63) is 120 Å². The second kappa shape index (κ2) is 18.6. The van der Waals surface area contributed by atoms with Crippen molar-refractivity contribution < 1.29 is 43.6 Å². The Labute approximate surface area is 345 Å². The molecule has 4 aromatic rings. The number of ether oxygens (including phenoxy) is 4. The monoisotopic (exact) mass is 802 g/mol. The van der Waals surface area contributed by atoms with Crippen LogP contribution in [0.2, 0.25) is 0 Å². The number of amides is 1. The maximum atomic E-state index is 14.7. The lowest BCUT2D eigenvalue weighted by atomic mass is 9.55. The van der Waals surface area contributed by atoms with Crippen molar-refractivity contribution in [3.63, 3.8) is 0 Å². The average Bonchev–Trinajstić information content (AvgIpc) is 3.26. The van der Waals surface area contributed by atoms with Crippen LogP contribution in [-0.2, 0) is 9.57 Å². The molecule has 310 valence electrons. The molecular formula is C48H54N2O9. The number of likely N-dealkylation sites (N-methyl/N-ethyl adjacent to an activating group) is 1. The third kappa shape index (κ3) is 8.24. The molecule has 11 nitrogen and oxygen atoms in total. The zero-order valence-corrected chi connectivity index (χ0v) is 34.0. The Morgan fingerprint density at radius 3 is 2.42 bits per heavy atom. The number of hydrogen-bond donors (Lipinski definition) is 2. The Bertz CT molecular complexity index is 2220. The standard InChI is InChI=1S/C48H54N2O9/c1-5-24-57-48-44(50(2)47(54)34-17-16-31-12-6-7-13-32(31)25-34)29-41(49-56-4)39-27-33(14-8-10-22-51)38(15-9-11-23-52)45(46(39)48)40-28-37(19-21-43(40)59-48)58-36-18-20-42(55-3)35(26-36)30-53/h5-7,12-13,16-21,25-28,30,33,38,44-46,51-52H,1,8-11,14-15,22-24,29H2,2-4H3. The van der Waals surface area contributed by atoms with E-state index in [2.05, 4.69) is 17.8 Å². The van der Waals surface area contributed by atoms with Gasteiger partial charge in [0.1, 0.15) is 36.1 Å². The fraction of sp³-hybridized carbons (Fsp3) is 0.396. The van der Waals surface area contributed by atoms with Gasteiger partial charge in [-0.25, -0.2) is 0 Å². The van der Waals surface area contributed by atoms with E-state index in [4.69, 9.17) is 23.8 Å². The number of aliphatic hydroxyl groups is 2. The van der Waals surface area contributed by atoms with E-state index < -0.39 is 17.7 Å². The molecule has 6 unspecified atom stereocenters. The minimum atomic E-state index is -1.38. The van der Waals surface area contributed by atoms with E-state index in [1.807, 2.05) is 60.7 Å². The summed E-state index contributed by atoms with van der Waals surface area (Å²) in [5, 5.41) is 26.4. The van der Waals surface area contributed by atoms with Gasteiger partial charge in [-0.3, -0.25) is 9.59 Å². The van der Waals surface area contributed by atoms with Gasteiger partial charge in [0.2, 0.25) is 5.79 Å². The zero-order valence-electron chi connectivity index (χ0n) is 34.0. The molecule has 0 radical (unpaired) electrons. The number of allylic oxidation sites excluding steroid dienone is 1. The number of carbonyl (C=O) groups is 2. The number of unbranched alkanes of at least 4 members (excludes halogenated alkanes) is 2. The molecule has 1 fully saturated rings. The lowest BCUT2D eigenvalue weighted by molar-refractivity contribution is -0.252. The van der Waals surface area contributed by atoms with E-state index in [1.54, 1.807) is 36.2 Å². The smallest absolute Gasteiger partial charge is 0.254 e. The van der Waals surface area contributed by atoms with Crippen molar-refractivity contribution in [2.24, 2.45) is 22.9 Å². The first-order valence-corrected chi connectivity index (χ1v) is 20.5. The minimum absolute atomic E-state index is 0.0466. The Morgan fingerprint density at radius 2 is 1.69 bits per heavy atom. The van der Waals surface area contributed by atoms with Gasteiger partial charge in [0.25, 0.3) is 5.91 Å². The maximum Gasteiger partial charge on any atom is 0.254 e. The number of rotatable bonds is 18. The van der Waals surface area contributed by atoms with Crippen LogP contribution >= 0.6 is 0 Å². The number of aliphatic hydroxyl groups excluding tert-OH is 2. The lowest BCUT2D eigenvalue weighted by Crippen LogP contribution is -2.69. The molecule has 3 aliphatic rings. The summed E-state index contributed by atoms with van der Waals surface area (Å²) < 4.78 is 26.0. The largest absolute Gasteiger partial charge is 0.496 e. The summed E-state index contributed by atoms with van der Waals surface area (Å²) in [5.41, 5.74) is 3.48. The van der Waals surface area contributed by atoms with E-state index in [-0.39, 0.29) is 43.5 Å². The van der Waals surface area contributed by atoms with E-state index in [0.717, 1.165) is 53.9 Å². The molecule has 4 aromatic carbocycles. The second-order valence-electron chi connectivity index (χ2n) is 15.6. The molecule has 59 heavy (non-hydrogen) atoms. The molecule has 0 bridgehead atoms. The van der Waals surface area contributed by atoms with Crippen molar-refractivity contribution >= 4 is 28.7 Å². The SMILES string of the molecule is C=CCOC12Oc3ccc(Oc4ccc(OC)c(C=O)c4)cc3C3C(CCCCO)C(CCCCO)C=C(C(=NOC)CC1N(C)C(=O)c1ccc4ccccc4c1)C32. The Balaban J connectivity index is 1.40. The number of benzene rings is 4. The number of methoxy groups -OCH3 is 1. The normalized spacial score (nSPS) is 23.6. The Hall–Kier alpha value is -5.49. The summed E-state index contributed by atoms with van der Waals surface area (Å²) in [6.07, 6.45) is 9.60. The molecule has 7 rings (SSSR count). The van der Waals surface area contributed by atoms with Crippen LogP contribution in [0.15, 0.2) is 108 Å². The molecule has 0 saturated heterocycles. The molecule has 2 aliphatic carbocycles. The third-order valence-electron chi connectivity index (χ3n) is 12.2. The summed E-state index contributed by atoms with van der Waals surface area (Å²) in [7, 11) is 4.85. The number of aldehydes is 1. The molecular weight excluding hydrogens is 749 g/mol. The first-order chi connectivity index (χ1) is 28.8. The molecule has 1 amide bonds. The first-order valence-electron chi connectivity index (χ1n) is 20.5. The van der Waals surface area contributed by atoms with Crippen molar-refractivity contribution in [3.8, 4) is 23.0 Å². The molecule has 2 N–H and O–H groups in total. The van der Waals surface area contributed by atoms with Gasteiger partial charge in [-0.2, -0.15) is 0 Å². The lowest BCUT2D eigenvalue weighted by Gasteiger charge is -2.59. The van der Waals surface area contributed by atoms with Gasteiger partial charge in [-0.1, -0.05) is 60.5 Å². The van der Waals surface area contributed by atoms with Gasteiger partial charge >= 0.3 is 0 Å². The number of hydrogen-bond acceptors (Lipinski definition) is 10. The van der Waals surface area contributed by atoms with Crippen molar-refractivity contribution in [2.45, 2.75) is 62.7 Å². The van der Waals surface area contributed by atoms with Crippen LogP contribution in [0.25, 0.3) is 10.8 Å². The van der Waals surface area contributed by atoms with Gasteiger partial charge in [0.05, 0.1) is 30.9 Å². The van der Waals surface area contributed by atoms with Crippen LogP contribution in [0.1, 0.15) is 77.1 Å². The molecule has 0 spiro atoms. The van der Waals surface area contributed by atoms with Crippen LogP contribution in [0.4, 0.5) is 0 Å². The summed E-state index contributed by atoms with van der Waals surface area (Å²) in [5.74, 6) is -0.0372. The minimum Gasteiger partial charge on any atom is -0.496 e. The molecule has 1 saturated carbocycles. The maximum absolute atomic E-state index is 14.7. The Kier molecular flexibility index (Phi) is 13.1. The fourth-order valence-electron chi connectivity index (χ4n) is 9.57. The summed E-state index contributed by atoms with van der Waals surface area (Å²) >= 11 is 0. The molecule has 6 atom stereocenters. The third-order valence-corrected chi connectivity index (χ3v) is 12.2. The fourth-order valence-corrected chi connectivity index (χ4v) is 9.57. The zero-order chi connectivity index (χ0) is 41.5. The highest BCUT2D eigenvalue weighted by Crippen LogP contribution is 2.62. The van der Waals surface area contributed by atoms with E-state index in [0.29, 0.717) is 59.1 Å². The van der Waals surface area contributed by atoms with Crippen LogP contribution in [0, 0.1) is 17.8 Å². The number of fused-ring (bicyclic) bond motifs is 3. The molecule has 1 aliphatic heterocycles. The number of oxime groups is 1. The van der Waals surface area contributed by atoms with Crippen LogP contribution in [0.3, 0.4) is 0 Å². The summed E-state index contributed by atoms with van der Waals surface area (Å²) in [6.45, 7) is 4.35. The van der Waals surface area contributed by atoms with Gasteiger partial charge < -0.3 is 38.9 Å². The summed E-state index contributed by atoms with van der Waals surface area (Å²) in [6, 6.07) is 23.9. The average molecular weight is 803 g/mol. The topological polar surface area (TPSA) is 136 Å². The molecule has 0 aromatic heterocycles. The Morgan fingerprint density at radius 1 is 0.949 bits per heavy atom. The van der Waals surface area contributed by atoms with E-state index in [9.17, 15) is 19.8 Å². The second-order valence-corrected chi connectivity index (χ2v) is 15.6. The number of nitrogens with zero attached hydrogens (tertiary/aromatic N) is 2. The van der Waals surface area contributed by atoms with Crippen molar-refractivity contribution in [1.82, 2.24) is 4.90 Å². The van der Waals surface area contributed by atoms with E-state index in [1.165, 1.54) is 14.2 Å². The highest BCUT2D eigenvalue weighted by atomic mass is 16.7.